The highest BCUT2D eigenvalue weighted by Crippen LogP contribution is 2.26. The highest BCUT2D eigenvalue weighted by atomic mass is 32.2. The summed E-state index contributed by atoms with van der Waals surface area (Å²) in [6, 6.07) is 9.60. The van der Waals surface area contributed by atoms with Crippen LogP contribution in [0.1, 0.15) is 36.2 Å². The summed E-state index contributed by atoms with van der Waals surface area (Å²) in [5, 5.41) is 11.9. The van der Waals surface area contributed by atoms with E-state index in [1.165, 1.54) is 35.2 Å². The summed E-state index contributed by atoms with van der Waals surface area (Å²) in [5.41, 5.74) is 0.543. The van der Waals surface area contributed by atoms with Crippen LogP contribution < -0.4 is 11.0 Å². The molecule has 0 radical (unpaired) electrons. The van der Waals surface area contributed by atoms with Gasteiger partial charge in [-0.15, -0.1) is 16.4 Å². The van der Waals surface area contributed by atoms with Crippen LogP contribution in [0.4, 0.5) is 4.39 Å². The van der Waals surface area contributed by atoms with Crippen LogP contribution in [-0.2, 0) is 11.3 Å². The lowest BCUT2D eigenvalue weighted by atomic mass is 10.1. The zero-order valence-electron chi connectivity index (χ0n) is 15.4. The molecule has 0 aliphatic rings. The summed E-state index contributed by atoms with van der Waals surface area (Å²) in [7, 11) is 0. The summed E-state index contributed by atoms with van der Waals surface area (Å²) in [4.78, 5) is 25.4. The third kappa shape index (κ3) is 5.11. The van der Waals surface area contributed by atoms with Gasteiger partial charge in [-0.25, -0.2) is 14.3 Å². The molecule has 0 saturated carbocycles. The van der Waals surface area contributed by atoms with Crippen LogP contribution in [0.15, 0.2) is 51.7 Å². The molecule has 0 spiro atoms. The fourth-order valence-corrected chi connectivity index (χ4v) is 4.28. The fourth-order valence-electron chi connectivity index (χ4n) is 2.69. The summed E-state index contributed by atoms with van der Waals surface area (Å²) < 4.78 is 14.8. The number of amides is 1. The first-order valence-corrected chi connectivity index (χ1v) is 10.8. The molecule has 9 heteroatoms. The van der Waals surface area contributed by atoms with Crippen molar-refractivity contribution in [2.45, 2.75) is 37.5 Å². The van der Waals surface area contributed by atoms with Crippen LogP contribution in [0.25, 0.3) is 0 Å². The molecular formula is C19H21FN4O2S2. The molecule has 1 amide bonds. The van der Waals surface area contributed by atoms with Crippen molar-refractivity contribution in [3.8, 4) is 0 Å². The normalized spacial score (nSPS) is 12.1. The fraction of sp³-hybridized carbons (Fsp3) is 0.316. The summed E-state index contributed by atoms with van der Waals surface area (Å²) in [6.07, 6.45) is 1.83. The molecule has 1 aromatic carbocycles. The monoisotopic (exact) mass is 420 g/mol. The molecule has 0 bridgehead atoms. The van der Waals surface area contributed by atoms with E-state index in [0.717, 1.165) is 23.3 Å². The highest BCUT2D eigenvalue weighted by molar-refractivity contribution is 7.99. The average Bonchev–Trinajstić information content (AvgIpc) is 3.34. The molecule has 0 saturated heterocycles. The molecule has 0 unspecified atom stereocenters. The molecule has 0 fully saturated rings. The maximum atomic E-state index is 13.3. The van der Waals surface area contributed by atoms with Crippen molar-refractivity contribution in [3.05, 3.63) is 68.5 Å². The van der Waals surface area contributed by atoms with Crippen LogP contribution >= 0.6 is 23.1 Å². The molecule has 6 nitrogen and oxygen atoms in total. The Labute approximate surface area is 170 Å². The molecule has 2 aromatic heterocycles. The lowest BCUT2D eigenvalue weighted by Gasteiger charge is -2.18. The predicted molar refractivity (Wildman–Crippen MR) is 109 cm³/mol. The number of nitrogens with one attached hydrogen (secondary N) is 2. The van der Waals surface area contributed by atoms with Gasteiger partial charge >= 0.3 is 5.69 Å². The van der Waals surface area contributed by atoms with Gasteiger partial charge in [0.1, 0.15) is 5.82 Å². The number of nitrogens with zero attached hydrogens (tertiary/aromatic N) is 2. The number of carbonyl (C=O) groups excluding carboxylic acids is 1. The zero-order valence-corrected chi connectivity index (χ0v) is 17.0. The summed E-state index contributed by atoms with van der Waals surface area (Å²) in [5.74, 6) is -0.385. The van der Waals surface area contributed by atoms with Crippen molar-refractivity contribution in [2.24, 2.45) is 0 Å². The number of aromatic amines is 1. The number of carbonyl (C=O) groups is 1. The van der Waals surface area contributed by atoms with E-state index in [9.17, 15) is 14.0 Å². The van der Waals surface area contributed by atoms with Crippen molar-refractivity contribution in [1.82, 2.24) is 20.1 Å². The number of hydrogen-bond acceptors (Lipinski definition) is 5. The molecule has 3 rings (SSSR count). The topological polar surface area (TPSA) is 79.8 Å². The lowest BCUT2D eigenvalue weighted by molar-refractivity contribution is -0.119. The van der Waals surface area contributed by atoms with Gasteiger partial charge in [-0.05, 0) is 35.6 Å². The second-order valence-electron chi connectivity index (χ2n) is 6.17. The molecule has 148 valence electrons. The van der Waals surface area contributed by atoms with Crippen molar-refractivity contribution in [1.29, 1.82) is 0 Å². The third-order valence-electron chi connectivity index (χ3n) is 4.13. The van der Waals surface area contributed by atoms with Crippen LogP contribution in [0.5, 0.6) is 0 Å². The quantitative estimate of drug-likeness (QED) is 0.519. The van der Waals surface area contributed by atoms with E-state index >= 15 is 0 Å². The Kier molecular flexibility index (Phi) is 7.05. The maximum Gasteiger partial charge on any atom is 0.343 e. The molecule has 3 aromatic rings. The summed E-state index contributed by atoms with van der Waals surface area (Å²) in [6.45, 7) is 2.62. The van der Waals surface area contributed by atoms with E-state index in [2.05, 4.69) is 15.5 Å². The number of aromatic nitrogens is 3. The maximum absolute atomic E-state index is 13.3. The SMILES string of the molecule is CCCCn1c(SCC(=O)N[C@@H](c2ccc(F)cc2)c2cccs2)n[nH]c1=O. The van der Waals surface area contributed by atoms with E-state index in [-0.39, 0.29) is 29.2 Å². The Morgan fingerprint density at radius 3 is 2.82 bits per heavy atom. The van der Waals surface area contributed by atoms with Crippen LogP contribution in [0.3, 0.4) is 0 Å². The third-order valence-corrected chi connectivity index (χ3v) is 6.04. The first-order valence-electron chi connectivity index (χ1n) is 8.94. The number of rotatable bonds is 9. The number of thiophene rings is 1. The molecule has 2 N–H and O–H groups in total. The first kappa shape index (κ1) is 20.3. The van der Waals surface area contributed by atoms with Crippen molar-refractivity contribution in [3.63, 3.8) is 0 Å². The van der Waals surface area contributed by atoms with Crippen molar-refractivity contribution >= 4 is 29.0 Å². The average molecular weight is 421 g/mol. The lowest BCUT2D eigenvalue weighted by Crippen LogP contribution is -2.30. The van der Waals surface area contributed by atoms with Gasteiger partial charge in [0.25, 0.3) is 0 Å². The Morgan fingerprint density at radius 2 is 2.14 bits per heavy atom. The predicted octanol–water partition coefficient (Wildman–Crippen LogP) is 3.57. The van der Waals surface area contributed by atoms with Gasteiger partial charge in [-0.2, -0.15) is 0 Å². The highest BCUT2D eigenvalue weighted by Gasteiger charge is 2.19. The summed E-state index contributed by atoms with van der Waals surface area (Å²) >= 11 is 2.74. The van der Waals surface area contributed by atoms with Gasteiger partial charge in [-0.1, -0.05) is 43.3 Å². The zero-order chi connectivity index (χ0) is 19.9. The van der Waals surface area contributed by atoms with Crippen molar-refractivity contribution in [2.75, 3.05) is 5.75 Å². The molecule has 0 aliphatic carbocycles. The number of H-pyrrole nitrogens is 1. The minimum absolute atomic E-state index is 0.124. The molecule has 0 aliphatic heterocycles. The standard InChI is InChI=1S/C19H21FN4O2S2/c1-2-3-10-24-18(26)22-23-19(24)28-12-16(25)21-17(15-5-4-11-27-15)13-6-8-14(20)9-7-13/h4-9,11,17H,2-3,10,12H2,1H3,(H,21,25)(H,22,26)/t17-/m0/s1. The number of benzene rings is 1. The first-order chi connectivity index (χ1) is 13.6. The van der Waals surface area contributed by atoms with Gasteiger partial charge in [0, 0.05) is 11.4 Å². The Morgan fingerprint density at radius 1 is 1.36 bits per heavy atom. The van der Waals surface area contributed by atoms with E-state index in [4.69, 9.17) is 0 Å². The number of unbranched alkanes of at least 4 members (excludes halogenated alkanes) is 1. The van der Waals surface area contributed by atoms with Gasteiger partial charge in [0.15, 0.2) is 5.16 Å². The second kappa shape index (κ2) is 9.70. The van der Waals surface area contributed by atoms with Gasteiger partial charge in [0.2, 0.25) is 5.91 Å². The number of thioether (sulfide) groups is 1. The van der Waals surface area contributed by atoms with Crippen molar-refractivity contribution < 1.29 is 9.18 Å². The largest absolute Gasteiger partial charge is 0.344 e. The minimum atomic E-state index is -0.352. The smallest absolute Gasteiger partial charge is 0.343 e. The molecule has 2 heterocycles. The Balaban J connectivity index is 1.68. The molecule has 1 atom stereocenters. The van der Waals surface area contributed by atoms with E-state index in [1.807, 2.05) is 24.4 Å². The molecular weight excluding hydrogens is 399 g/mol. The second-order valence-corrected chi connectivity index (χ2v) is 8.09. The molecule has 28 heavy (non-hydrogen) atoms. The van der Waals surface area contributed by atoms with Crippen LogP contribution in [0, 0.1) is 5.82 Å². The van der Waals surface area contributed by atoms with Crippen LogP contribution in [-0.4, -0.2) is 26.4 Å². The van der Waals surface area contributed by atoms with Gasteiger partial charge < -0.3 is 5.32 Å². The minimum Gasteiger partial charge on any atom is -0.344 e. The number of hydrogen-bond donors (Lipinski definition) is 2. The Bertz CT molecular complexity index is 951. The van der Waals surface area contributed by atoms with Gasteiger partial charge in [0.05, 0.1) is 11.8 Å². The Hall–Kier alpha value is -2.39. The van der Waals surface area contributed by atoms with Crippen LogP contribution in [0.2, 0.25) is 0 Å². The van der Waals surface area contributed by atoms with E-state index in [1.54, 1.807) is 16.7 Å². The number of halogens is 1. The van der Waals surface area contributed by atoms with Gasteiger partial charge in [-0.3, -0.25) is 9.36 Å². The van der Waals surface area contributed by atoms with E-state index in [0.29, 0.717) is 11.7 Å². The van der Waals surface area contributed by atoms with E-state index < -0.39 is 0 Å².